The fraction of sp³-hybridized carbons (Fsp3) is 0.818. The van der Waals surface area contributed by atoms with Gasteiger partial charge in [0.25, 0.3) is 5.79 Å². The minimum absolute atomic E-state index is 0. The van der Waals surface area contributed by atoms with Gasteiger partial charge in [-0.1, -0.05) is 0 Å². The van der Waals surface area contributed by atoms with Crippen LogP contribution < -0.4 is 40.4 Å². The second-order valence-corrected chi connectivity index (χ2v) is 4.81. The van der Waals surface area contributed by atoms with Crippen LogP contribution in [0.2, 0.25) is 0 Å². The zero-order valence-electron chi connectivity index (χ0n) is 12.2. The Balaban J connectivity index is 0.00000441. The molecule has 1 aliphatic rings. The summed E-state index contributed by atoms with van der Waals surface area (Å²) in [6, 6.07) is -1.27. The maximum Gasteiger partial charge on any atom is 1.00 e. The van der Waals surface area contributed by atoms with Crippen LogP contribution in [0.3, 0.4) is 0 Å². The number of hydrogen-bond acceptors (Lipinski definition) is 10. The molecule has 0 saturated carbocycles. The van der Waals surface area contributed by atoms with E-state index in [0.717, 1.165) is 6.92 Å². The van der Waals surface area contributed by atoms with Crippen LogP contribution in [-0.2, 0) is 19.1 Å². The summed E-state index contributed by atoms with van der Waals surface area (Å²) < 4.78 is 9.56. The summed E-state index contributed by atoms with van der Waals surface area (Å²) in [5.41, 5.74) is 5.59. The van der Waals surface area contributed by atoms with Gasteiger partial charge in [-0.15, -0.1) is 0 Å². The summed E-state index contributed by atoms with van der Waals surface area (Å²) in [6.07, 6.45) is -7.32. The monoisotopic (exact) mass is 331 g/mol. The number of ether oxygens (including phenoxy) is 2. The van der Waals surface area contributed by atoms with E-state index in [0.29, 0.717) is 0 Å². The van der Waals surface area contributed by atoms with Gasteiger partial charge < -0.3 is 45.5 Å². The van der Waals surface area contributed by atoms with Crippen LogP contribution in [0.25, 0.3) is 0 Å². The molecule has 6 N–H and O–H groups in total. The van der Waals surface area contributed by atoms with E-state index < -0.39 is 61.2 Å². The van der Waals surface area contributed by atoms with E-state index in [4.69, 9.17) is 15.6 Å². The Morgan fingerprint density at radius 1 is 1.50 bits per heavy atom. The van der Waals surface area contributed by atoms with Crippen molar-refractivity contribution < 1.29 is 74.2 Å². The zero-order valence-corrected chi connectivity index (χ0v) is 14.2. The Morgan fingerprint density at radius 3 is 2.45 bits per heavy atom. The zero-order chi connectivity index (χ0) is 16.4. The Hall–Kier alpha value is -0.300. The van der Waals surface area contributed by atoms with Crippen molar-refractivity contribution in [1.82, 2.24) is 0 Å². The average Bonchev–Trinajstić information content (AvgIpc) is 2.40. The first-order chi connectivity index (χ1) is 9.64. The maximum absolute atomic E-state index is 11.2. The van der Waals surface area contributed by atoms with Crippen LogP contribution in [0.5, 0.6) is 0 Å². The quantitative estimate of drug-likeness (QED) is 0.239. The number of esters is 1. The Bertz CT molecular complexity index is 409. The van der Waals surface area contributed by atoms with Gasteiger partial charge in [-0.3, -0.25) is 4.79 Å². The summed E-state index contributed by atoms with van der Waals surface area (Å²) in [7, 11) is 0. The number of carboxylic acids is 1. The summed E-state index contributed by atoms with van der Waals surface area (Å²) in [6.45, 7) is 0.0682. The first kappa shape index (κ1) is 21.7. The molecule has 0 bridgehead atoms. The number of carboxylic acid groups (broad SMARTS) is 1. The van der Waals surface area contributed by atoms with Crippen molar-refractivity contribution in [1.29, 1.82) is 0 Å². The van der Waals surface area contributed by atoms with Crippen LogP contribution in [0.1, 0.15) is 13.3 Å². The fourth-order valence-electron chi connectivity index (χ4n) is 2.07. The van der Waals surface area contributed by atoms with Crippen molar-refractivity contribution in [2.45, 2.75) is 49.6 Å². The molecule has 10 nitrogen and oxygen atoms in total. The molecule has 122 valence electrons. The standard InChI is InChI=1S/C11H19NO9.Na/c1-4(14)20-11(10(18)19)2-5(15)7(12)9(21-11)8(17)6(16)3-13;/h5-9,13,15-17H,2-3,12H2,1H3,(H,18,19);/q;+1/p-1/t5-,6+,7+,8+,9+,11-;/m0./s1. The molecule has 22 heavy (non-hydrogen) atoms. The number of aliphatic hydroxyl groups is 4. The van der Waals surface area contributed by atoms with Crippen molar-refractivity contribution in [2.24, 2.45) is 5.73 Å². The normalized spacial score (nSPS) is 34.2. The molecule has 11 heteroatoms. The van der Waals surface area contributed by atoms with E-state index >= 15 is 0 Å². The Labute approximate surface area is 148 Å². The van der Waals surface area contributed by atoms with Gasteiger partial charge in [0.05, 0.1) is 18.8 Å². The predicted molar refractivity (Wildman–Crippen MR) is 62.1 cm³/mol. The van der Waals surface area contributed by atoms with E-state index in [-0.39, 0.29) is 29.6 Å². The maximum atomic E-state index is 11.2. The van der Waals surface area contributed by atoms with Crippen molar-refractivity contribution >= 4 is 11.9 Å². The molecule has 0 aromatic heterocycles. The third kappa shape index (κ3) is 4.60. The van der Waals surface area contributed by atoms with Crippen LogP contribution in [-0.4, -0.2) is 75.2 Å². The van der Waals surface area contributed by atoms with Crippen molar-refractivity contribution in [3.05, 3.63) is 0 Å². The number of nitrogens with two attached hydrogens (primary N) is 1. The summed E-state index contributed by atoms with van der Waals surface area (Å²) in [5.74, 6) is -5.60. The Kier molecular flexibility index (Phi) is 8.41. The van der Waals surface area contributed by atoms with E-state index in [1.807, 2.05) is 0 Å². The summed E-state index contributed by atoms with van der Waals surface area (Å²) >= 11 is 0. The first-order valence-electron chi connectivity index (χ1n) is 6.14. The van der Waals surface area contributed by atoms with Gasteiger partial charge in [0, 0.05) is 13.3 Å². The molecular weight excluding hydrogens is 313 g/mol. The van der Waals surface area contributed by atoms with Crippen molar-refractivity contribution in [2.75, 3.05) is 6.61 Å². The molecule has 0 aromatic carbocycles. The third-order valence-corrected chi connectivity index (χ3v) is 3.17. The van der Waals surface area contributed by atoms with Gasteiger partial charge in [-0.05, 0) is 0 Å². The smallest absolute Gasteiger partial charge is 0.543 e. The van der Waals surface area contributed by atoms with Crippen LogP contribution in [0.4, 0.5) is 0 Å². The molecule has 0 aliphatic carbocycles. The average molecular weight is 331 g/mol. The largest absolute Gasteiger partial charge is 1.00 e. The predicted octanol–water partition coefficient (Wildman–Crippen LogP) is -7.81. The molecular formula is C11H18NNaO9. The molecule has 0 aromatic rings. The van der Waals surface area contributed by atoms with Gasteiger partial charge in [-0.25, -0.2) is 0 Å². The Morgan fingerprint density at radius 2 is 2.05 bits per heavy atom. The molecule has 6 atom stereocenters. The van der Waals surface area contributed by atoms with Crippen LogP contribution >= 0.6 is 0 Å². The van der Waals surface area contributed by atoms with Crippen molar-refractivity contribution in [3.8, 4) is 0 Å². The SMILES string of the molecule is CC(=O)O[C@@]1(C(=O)[O-])C[C@H](O)[C@@H](N)[C@H]([C@H](O)[C@H](O)CO)O1.[Na+]. The minimum atomic E-state index is -2.64. The molecule has 1 fully saturated rings. The number of aliphatic carboxylic acids is 1. The molecule has 0 amide bonds. The van der Waals surface area contributed by atoms with E-state index in [9.17, 15) is 30.0 Å². The number of carbonyl (C=O) groups excluding carboxylic acids is 2. The second-order valence-electron chi connectivity index (χ2n) is 4.81. The number of aliphatic hydroxyl groups excluding tert-OH is 4. The number of rotatable bonds is 5. The molecule has 1 heterocycles. The van der Waals surface area contributed by atoms with E-state index in [1.54, 1.807) is 0 Å². The van der Waals surface area contributed by atoms with Gasteiger partial charge in [-0.2, -0.15) is 0 Å². The molecule has 1 rings (SSSR count). The number of carbonyl (C=O) groups is 2. The third-order valence-electron chi connectivity index (χ3n) is 3.17. The van der Waals surface area contributed by atoms with E-state index in [2.05, 4.69) is 4.74 Å². The molecule has 1 saturated heterocycles. The summed E-state index contributed by atoms with van der Waals surface area (Å²) in [5, 5.41) is 49.0. The van der Waals surface area contributed by atoms with Crippen molar-refractivity contribution in [3.63, 3.8) is 0 Å². The molecule has 1 aliphatic heterocycles. The second kappa shape index (κ2) is 8.52. The van der Waals surface area contributed by atoms with E-state index in [1.165, 1.54) is 0 Å². The van der Waals surface area contributed by atoms with Gasteiger partial charge in [0.1, 0.15) is 24.3 Å². The molecule has 0 unspecified atom stereocenters. The first-order valence-corrected chi connectivity index (χ1v) is 6.14. The molecule has 0 spiro atoms. The van der Waals surface area contributed by atoms with Gasteiger partial charge >= 0.3 is 35.5 Å². The van der Waals surface area contributed by atoms with Crippen LogP contribution in [0.15, 0.2) is 0 Å². The summed E-state index contributed by atoms with van der Waals surface area (Å²) in [4.78, 5) is 22.2. The minimum Gasteiger partial charge on any atom is -0.543 e. The topological polar surface area (TPSA) is 183 Å². The van der Waals surface area contributed by atoms with Gasteiger partial charge in [0.15, 0.2) is 0 Å². The van der Waals surface area contributed by atoms with Crippen LogP contribution in [0, 0.1) is 0 Å². The molecule has 0 radical (unpaired) electrons. The fourth-order valence-corrected chi connectivity index (χ4v) is 2.07. The van der Waals surface area contributed by atoms with Gasteiger partial charge in [0.2, 0.25) is 0 Å². The number of hydrogen-bond donors (Lipinski definition) is 5.